The van der Waals surface area contributed by atoms with E-state index in [-0.39, 0.29) is 29.5 Å². The molecule has 182 valence electrons. The highest BCUT2D eigenvalue weighted by Gasteiger charge is 2.69. The Morgan fingerprint density at radius 1 is 1.21 bits per heavy atom. The summed E-state index contributed by atoms with van der Waals surface area (Å²) in [5.74, 6) is -1.29. The maximum absolute atomic E-state index is 15.4. The number of rotatable bonds is 3. The quantitative estimate of drug-likeness (QED) is 0.633. The molecule has 3 saturated carbocycles. The van der Waals surface area contributed by atoms with E-state index >= 15 is 4.39 Å². The van der Waals surface area contributed by atoms with Gasteiger partial charge in [0.1, 0.15) is 11.8 Å². The monoisotopic (exact) mass is 460 g/mol. The number of carbonyl (C=O) groups is 3. The van der Waals surface area contributed by atoms with E-state index < -0.39 is 46.4 Å². The molecular formula is C27H37FO5. The van der Waals surface area contributed by atoms with Gasteiger partial charge in [0, 0.05) is 10.8 Å². The van der Waals surface area contributed by atoms with Gasteiger partial charge in [-0.25, -0.2) is 4.39 Å². The van der Waals surface area contributed by atoms with Crippen molar-refractivity contribution >= 4 is 17.5 Å². The number of carbonyl (C=O) groups excluding carboxylic acids is 3. The van der Waals surface area contributed by atoms with Crippen molar-refractivity contribution in [2.75, 3.05) is 6.61 Å². The largest absolute Gasteiger partial charge is 0.457 e. The van der Waals surface area contributed by atoms with Gasteiger partial charge < -0.3 is 9.84 Å². The third-order valence-electron chi connectivity index (χ3n) is 9.49. The van der Waals surface area contributed by atoms with Gasteiger partial charge in [-0.15, -0.1) is 0 Å². The van der Waals surface area contributed by atoms with Crippen molar-refractivity contribution in [2.24, 2.45) is 39.9 Å². The van der Waals surface area contributed by atoms with Gasteiger partial charge >= 0.3 is 5.97 Å². The normalized spacial score (nSPS) is 44.4. The van der Waals surface area contributed by atoms with Gasteiger partial charge in [0.05, 0.1) is 5.41 Å². The summed E-state index contributed by atoms with van der Waals surface area (Å²) in [5, 5.41) is 11.9. The molecule has 0 aliphatic heterocycles. The van der Waals surface area contributed by atoms with E-state index in [4.69, 9.17) is 4.74 Å². The minimum absolute atomic E-state index is 0.000141. The van der Waals surface area contributed by atoms with Crippen LogP contribution in [0.4, 0.5) is 4.39 Å². The number of aliphatic hydroxyl groups is 1. The molecular weight excluding hydrogens is 423 g/mol. The summed E-state index contributed by atoms with van der Waals surface area (Å²) in [4.78, 5) is 37.5. The SMILES string of the molecule is C[C@@H]1C[C@H]2[C@@H]3C[C@H](F)C4=CC(=O)C=C[C@]4(C)[C@H]3CC[C@]2(C)[C@@]1(O)C(=O)COC(=O)C(C)(C)C. The van der Waals surface area contributed by atoms with Crippen LogP contribution in [0.5, 0.6) is 0 Å². The smallest absolute Gasteiger partial charge is 0.311 e. The maximum Gasteiger partial charge on any atom is 0.311 e. The van der Waals surface area contributed by atoms with Gasteiger partial charge in [0.15, 0.2) is 12.4 Å². The first-order valence-electron chi connectivity index (χ1n) is 12.2. The van der Waals surface area contributed by atoms with Crippen LogP contribution in [0.3, 0.4) is 0 Å². The zero-order valence-corrected chi connectivity index (χ0v) is 20.6. The van der Waals surface area contributed by atoms with E-state index in [0.717, 1.165) is 6.42 Å². The van der Waals surface area contributed by atoms with Gasteiger partial charge in [-0.1, -0.05) is 26.8 Å². The lowest BCUT2D eigenvalue weighted by Gasteiger charge is -2.58. The summed E-state index contributed by atoms with van der Waals surface area (Å²) in [6.07, 6.45) is 5.98. The lowest BCUT2D eigenvalue weighted by molar-refractivity contribution is -0.176. The third-order valence-corrected chi connectivity index (χ3v) is 9.49. The molecule has 0 radical (unpaired) electrons. The van der Waals surface area contributed by atoms with E-state index in [2.05, 4.69) is 0 Å². The highest BCUT2D eigenvalue weighted by molar-refractivity contribution is 6.01. The van der Waals surface area contributed by atoms with Crippen molar-refractivity contribution in [3.63, 3.8) is 0 Å². The molecule has 0 amide bonds. The molecule has 4 aliphatic carbocycles. The fourth-order valence-electron chi connectivity index (χ4n) is 7.59. The molecule has 0 unspecified atom stereocenters. The number of fused-ring (bicyclic) bond motifs is 5. The van der Waals surface area contributed by atoms with Crippen LogP contribution in [0, 0.1) is 39.9 Å². The van der Waals surface area contributed by atoms with Gasteiger partial charge in [-0.3, -0.25) is 14.4 Å². The lowest BCUT2D eigenvalue weighted by Crippen LogP contribution is -2.60. The number of ether oxygens (including phenoxy) is 1. The molecule has 1 N–H and O–H groups in total. The Labute approximate surface area is 195 Å². The number of hydrogen-bond acceptors (Lipinski definition) is 5. The third kappa shape index (κ3) is 3.38. The molecule has 0 aromatic rings. The Bertz CT molecular complexity index is 945. The number of alkyl halides is 1. The standard InChI is InChI=1S/C27H37FO5/c1-15-11-19-17-13-21(28)20-12-16(29)7-9-25(20,5)18(17)8-10-26(19,6)27(15,32)22(30)14-33-23(31)24(2,3)4/h7,9,12,15,17-19,21,32H,8,10-11,13-14H2,1-6H3/t15-,17-,18+,19+,21+,25-,26+,27+/m1/s1. The average Bonchev–Trinajstić information content (AvgIpc) is 2.94. The van der Waals surface area contributed by atoms with Crippen molar-refractivity contribution in [2.45, 2.75) is 79.0 Å². The van der Waals surface area contributed by atoms with Crippen molar-refractivity contribution in [1.29, 1.82) is 0 Å². The minimum Gasteiger partial charge on any atom is -0.457 e. The predicted octanol–water partition coefficient (Wildman–Crippen LogP) is 4.38. The number of ketones is 2. The van der Waals surface area contributed by atoms with Crippen molar-refractivity contribution in [3.05, 3.63) is 23.8 Å². The summed E-state index contributed by atoms with van der Waals surface area (Å²) >= 11 is 0. The first-order chi connectivity index (χ1) is 15.2. The molecule has 5 nitrogen and oxygen atoms in total. The lowest BCUT2D eigenvalue weighted by atomic mass is 9.46. The van der Waals surface area contributed by atoms with Gasteiger partial charge in [-0.05, 0) is 87.9 Å². The number of hydrogen-bond donors (Lipinski definition) is 1. The Hall–Kier alpha value is -1.82. The van der Waals surface area contributed by atoms with Crippen LogP contribution in [-0.2, 0) is 19.1 Å². The van der Waals surface area contributed by atoms with Crippen LogP contribution in [0.1, 0.15) is 67.2 Å². The Balaban J connectivity index is 1.62. The molecule has 0 saturated heterocycles. The van der Waals surface area contributed by atoms with Crippen LogP contribution < -0.4 is 0 Å². The zero-order valence-electron chi connectivity index (χ0n) is 20.6. The number of Topliss-reactive ketones (excluding diaryl/α,β-unsaturated/α-hetero) is 1. The second-order valence-corrected chi connectivity index (χ2v) is 12.3. The van der Waals surface area contributed by atoms with Gasteiger partial charge in [-0.2, -0.15) is 0 Å². The van der Waals surface area contributed by atoms with Crippen molar-refractivity contribution in [1.82, 2.24) is 0 Å². The van der Waals surface area contributed by atoms with Crippen molar-refractivity contribution in [3.8, 4) is 0 Å². The van der Waals surface area contributed by atoms with Crippen LogP contribution >= 0.6 is 0 Å². The first-order valence-corrected chi connectivity index (χ1v) is 12.2. The fourth-order valence-corrected chi connectivity index (χ4v) is 7.59. The number of halogens is 1. The van der Waals surface area contributed by atoms with Crippen LogP contribution in [0.25, 0.3) is 0 Å². The summed E-state index contributed by atoms with van der Waals surface area (Å²) in [7, 11) is 0. The number of allylic oxidation sites excluding steroid dienone is 4. The average molecular weight is 461 g/mol. The Morgan fingerprint density at radius 2 is 1.88 bits per heavy atom. The van der Waals surface area contributed by atoms with E-state index in [1.165, 1.54) is 6.08 Å². The maximum atomic E-state index is 15.4. The molecule has 0 heterocycles. The highest BCUT2D eigenvalue weighted by atomic mass is 19.1. The molecule has 33 heavy (non-hydrogen) atoms. The molecule has 6 heteroatoms. The van der Waals surface area contributed by atoms with Crippen LogP contribution in [0.15, 0.2) is 23.8 Å². The second kappa shape index (κ2) is 7.59. The summed E-state index contributed by atoms with van der Waals surface area (Å²) in [6, 6.07) is 0. The highest BCUT2D eigenvalue weighted by Crippen LogP contribution is 2.68. The summed E-state index contributed by atoms with van der Waals surface area (Å²) in [6.45, 7) is 10.6. The predicted molar refractivity (Wildman–Crippen MR) is 122 cm³/mol. The van der Waals surface area contributed by atoms with Crippen LogP contribution in [-0.4, -0.2) is 41.0 Å². The van der Waals surface area contributed by atoms with Gasteiger partial charge in [0.2, 0.25) is 5.78 Å². The van der Waals surface area contributed by atoms with E-state index in [9.17, 15) is 19.5 Å². The van der Waals surface area contributed by atoms with Gasteiger partial charge in [0.25, 0.3) is 0 Å². The molecule has 0 spiro atoms. The topological polar surface area (TPSA) is 80.7 Å². The van der Waals surface area contributed by atoms with E-state index in [0.29, 0.717) is 24.8 Å². The minimum atomic E-state index is -1.62. The van der Waals surface area contributed by atoms with Crippen molar-refractivity contribution < 1.29 is 28.6 Å². The second-order valence-electron chi connectivity index (χ2n) is 12.3. The molecule has 0 aromatic carbocycles. The molecule has 0 bridgehead atoms. The Morgan fingerprint density at radius 3 is 2.52 bits per heavy atom. The summed E-state index contributed by atoms with van der Waals surface area (Å²) in [5.41, 5.74) is -3.02. The molecule has 3 fully saturated rings. The Kier molecular flexibility index (Phi) is 5.59. The van der Waals surface area contributed by atoms with E-state index in [1.54, 1.807) is 26.8 Å². The van der Waals surface area contributed by atoms with E-state index in [1.807, 2.05) is 26.8 Å². The number of esters is 1. The molecule has 8 atom stereocenters. The zero-order chi connectivity index (χ0) is 24.6. The summed E-state index contributed by atoms with van der Waals surface area (Å²) < 4.78 is 20.7. The van der Waals surface area contributed by atoms with Crippen LogP contribution in [0.2, 0.25) is 0 Å². The molecule has 0 aromatic heterocycles. The molecule has 4 aliphatic rings. The molecule has 4 rings (SSSR count). The fraction of sp³-hybridized carbons (Fsp3) is 0.741. The first kappa shape index (κ1) is 24.3.